The minimum atomic E-state index is -0.371. The van der Waals surface area contributed by atoms with Crippen LogP contribution in [-0.4, -0.2) is 41.7 Å². The first-order valence-corrected chi connectivity index (χ1v) is 7.92. The number of hydrogen-bond acceptors (Lipinski definition) is 4. The molecule has 0 spiro atoms. The quantitative estimate of drug-likeness (QED) is 0.573. The van der Waals surface area contributed by atoms with Crippen LogP contribution in [0, 0.1) is 5.82 Å². The van der Waals surface area contributed by atoms with E-state index in [4.69, 9.17) is 4.74 Å². The highest BCUT2D eigenvalue weighted by Crippen LogP contribution is 2.28. The van der Waals surface area contributed by atoms with Gasteiger partial charge < -0.3 is 9.64 Å². The van der Waals surface area contributed by atoms with Gasteiger partial charge in [0.25, 0.3) is 0 Å². The lowest BCUT2D eigenvalue weighted by atomic mass is 10.4. The number of esters is 1. The van der Waals surface area contributed by atoms with E-state index in [1.54, 1.807) is 24.0 Å². The Labute approximate surface area is 127 Å². The Morgan fingerprint density at radius 2 is 2.00 bits per heavy atom. The fraction of sp³-hybridized carbons (Fsp3) is 0.467. The Bertz CT molecular complexity index is 502. The normalized spacial score (nSPS) is 13.8. The van der Waals surface area contributed by atoms with Crippen LogP contribution in [0.1, 0.15) is 19.8 Å². The van der Waals surface area contributed by atoms with E-state index in [2.05, 4.69) is 0 Å². The van der Waals surface area contributed by atoms with E-state index in [-0.39, 0.29) is 36.0 Å². The van der Waals surface area contributed by atoms with E-state index >= 15 is 0 Å². The number of amides is 1. The van der Waals surface area contributed by atoms with E-state index in [1.807, 2.05) is 0 Å². The van der Waals surface area contributed by atoms with Gasteiger partial charge in [-0.25, -0.2) is 4.39 Å². The maximum Gasteiger partial charge on any atom is 0.325 e. The zero-order valence-corrected chi connectivity index (χ0v) is 12.7. The molecule has 0 heterocycles. The van der Waals surface area contributed by atoms with Crippen LogP contribution < -0.4 is 0 Å². The van der Waals surface area contributed by atoms with E-state index < -0.39 is 0 Å². The van der Waals surface area contributed by atoms with Crippen molar-refractivity contribution < 1.29 is 18.7 Å². The summed E-state index contributed by atoms with van der Waals surface area (Å²) in [5, 5.41) is 0. The Hall–Kier alpha value is -1.56. The summed E-state index contributed by atoms with van der Waals surface area (Å²) in [6.45, 7) is 2.07. The standard InChI is InChI=1S/C15H18FNO3S/c1-2-20-15(19)9-17(12-5-6-12)14(18)10-21-13-7-3-11(16)4-8-13/h3-4,7-8,12H,2,5-6,9-10H2,1H3. The predicted octanol–water partition coefficient (Wildman–Crippen LogP) is 2.47. The second-order valence-corrected chi connectivity index (χ2v) is 5.85. The van der Waals surface area contributed by atoms with Crippen molar-refractivity contribution in [1.82, 2.24) is 4.90 Å². The molecule has 0 aromatic heterocycles. The van der Waals surface area contributed by atoms with Crippen molar-refractivity contribution in [3.63, 3.8) is 0 Å². The highest BCUT2D eigenvalue weighted by molar-refractivity contribution is 8.00. The van der Waals surface area contributed by atoms with E-state index in [1.165, 1.54) is 23.9 Å². The van der Waals surface area contributed by atoms with Crippen molar-refractivity contribution in [2.75, 3.05) is 18.9 Å². The Balaban J connectivity index is 1.86. The van der Waals surface area contributed by atoms with Gasteiger partial charge in [0.2, 0.25) is 5.91 Å². The zero-order valence-electron chi connectivity index (χ0n) is 11.9. The molecule has 0 unspecified atom stereocenters. The van der Waals surface area contributed by atoms with Gasteiger partial charge in [-0.05, 0) is 44.0 Å². The molecular weight excluding hydrogens is 293 g/mol. The third-order valence-corrected chi connectivity index (χ3v) is 4.09. The number of ether oxygens (including phenoxy) is 1. The maximum atomic E-state index is 12.8. The average molecular weight is 311 g/mol. The second kappa shape index (κ2) is 7.45. The maximum absolute atomic E-state index is 12.8. The molecule has 0 aliphatic heterocycles. The SMILES string of the molecule is CCOC(=O)CN(C(=O)CSc1ccc(F)cc1)C1CC1. The largest absolute Gasteiger partial charge is 0.465 e. The number of carbonyl (C=O) groups excluding carboxylic acids is 2. The fourth-order valence-electron chi connectivity index (χ4n) is 1.91. The molecule has 1 aromatic carbocycles. The molecule has 1 amide bonds. The molecule has 0 N–H and O–H groups in total. The summed E-state index contributed by atoms with van der Waals surface area (Å²) in [5.74, 6) is -0.515. The summed E-state index contributed by atoms with van der Waals surface area (Å²) in [6.07, 6.45) is 1.87. The molecule has 1 aliphatic carbocycles. The molecule has 0 radical (unpaired) electrons. The number of rotatable bonds is 7. The van der Waals surface area contributed by atoms with Gasteiger partial charge in [-0.2, -0.15) is 0 Å². The highest BCUT2D eigenvalue weighted by atomic mass is 32.2. The minimum Gasteiger partial charge on any atom is -0.465 e. The average Bonchev–Trinajstić information content (AvgIpc) is 3.29. The van der Waals surface area contributed by atoms with Gasteiger partial charge in [-0.1, -0.05) is 0 Å². The fourth-order valence-corrected chi connectivity index (χ4v) is 2.70. The van der Waals surface area contributed by atoms with Gasteiger partial charge in [-0.3, -0.25) is 9.59 Å². The number of benzene rings is 1. The van der Waals surface area contributed by atoms with Crippen LogP contribution in [0.2, 0.25) is 0 Å². The molecule has 4 nitrogen and oxygen atoms in total. The highest BCUT2D eigenvalue weighted by Gasteiger charge is 2.33. The molecule has 1 saturated carbocycles. The zero-order chi connectivity index (χ0) is 15.2. The van der Waals surface area contributed by atoms with Crippen LogP contribution in [0.4, 0.5) is 4.39 Å². The van der Waals surface area contributed by atoms with Gasteiger partial charge in [0, 0.05) is 10.9 Å². The van der Waals surface area contributed by atoms with Gasteiger partial charge >= 0.3 is 5.97 Å². The molecular formula is C15H18FNO3S. The van der Waals surface area contributed by atoms with Crippen LogP contribution in [0.3, 0.4) is 0 Å². The van der Waals surface area contributed by atoms with Gasteiger partial charge in [0.15, 0.2) is 0 Å². The lowest BCUT2D eigenvalue weighted by molar-refractivity contribution is -0.148. The van der Waals surface area contributed by atoms with E-state index in [0.29, 0.717) is 6.61 Å². The molecule has 2 rings (SSSR count). The number of hydrogen-bond donors (Lipinski definition) is 0. The smallest absolute Gasteiger partial charge is 0.325 e. The summed E-state index contributed by atoms with van der Waals surface area (Å²) in [6, 6.07) is 6.17. The summed E-state index contributed by atoms with van der Waals surface area (Å²) < 4.78 is 17.7. The summed E-state index contributed by atoms with van der Waals surface area (Å²) in [5.41, 5.74) is 0. The van der Waals surface area contributed by atoms with E-state index in [0.717, 1.165) is 17.7 Å². The molecule has 114 valence electrons. The van der Waals surface area contributed by atoms with Crippen molar-refractivity contribution >= 4 is 23.6 Å². The Morgan fingerprint density at radius 1 is 1.33 bits per heavy atom. The van der Waals surface area contributed by atoms with Crippen LogP contribution >= 0.6 is 11.8 Å². The molecule has 6 heteroatoms. The van der Waals surface area contributed by atoms with E-state index in [9.17, 15) is 14.0 Å². The molecule has 1 fully saturated rings. The lowest BCUT2D eigenvalue weighted by Crippen LogP contribution is -2.39. The van der Waals surface area contributed by atoms with Crippen molar-refractivity contribution in [3.8, 4) is 0 Å². The summed E-state index contributed by atoms with van der Waals surface area (Å²) in [7, 11) is 0. The van der Waals surface area contributed by atoms with Crippen LogP contribution in [0.25, 0.3) is 0 Å². The molecule has 0 saturated heterocycles. The molecule has 1 aliphatic rings. The first-order chi connectivity index (χ1) is 10.1. The third kappa shape index (κ3) is 5.04. The topological polar surface area (TPSA) is 46.6 Å². The lowest BCUT2D eigenvalue weighted by Gasteiger charge is -2.21. The third-order valence-electron chi connectivity index (χ3n) is 3.09. The van der Waals surface area contributed by atoms with Crippen molar-refractivity contribution in [2.24, 2.45) is 0 Å². The number of thioether (sulfide) groups is 1. The number of halogens is 1. The predicted molar refractivity (Wildman–Crippen MR) is 78.5 cm³/mol. The minimum absolute atomic E-state index is 0.0152. The van der Waals surface area contributed by atoms with Gasteiger partial charge in [0.1, 0.15) is 12.4 Å². The van der Waals surface area contributed by atoms with Crippen LogP contribution in [0.5, 0.6) is 0 Å². The Morgan fingerprint density at radius 3 is 2.57 bits per heavy atom. The Kier molecular flexibility index (Phi) is 5.61. The molecule has 21 heavy (non-hydrogen) atoms. The van der Waals surface area contributed by atoms with Gasteiger partial charge in [0.05, 0.1) is 12.4 Å². The second-order valence-electron chi connectivity index (χ2n) is 4.80. The molecule has 0 atom stereocenters. The monoisotopic (exact) mass is 311 g/mol. The van der Waals surface area contributed by atoms with Crippen molar-refractivity contribution in [2.45, 2.75) is 30.7 Å². The first kappa shape index (κ1) is 15.8. The van der Waals surface area contributed by atoms with Crippen molar-refractivity contribution in [1.29, 1.82) is 0 Å². The first-order valence-electron chi connectivity index (χ1n) is 6.93. The van der Waals surface area contributed by atoms with Gasteiger partial charge in [-0.15, -0.1) is 11.8 Å². The van der Waals surface area contributed by atoms with Crippen molar-refractivity contribution in [3.05, 3.63) is 30.1 Å². The summed E-state index contributed by atoms with van der Waals surface area (Å²) >= 11 is 1.34. The molecule has 1 aromatic rings. The summed E-state index contributed by atoms with van der Waals surface area (Å²) in [4.78, 5) is 26.2. The number of nitrogens with zero attached hydrogens (tertiary/aromatic N) is 1. The van der Waals surface area contributed by atoms with Crippen LogP contribution in [-0.2, 0) is 14.3 Å². The molecule has 0 bridgehead atoms. The van der Waals surface area contributed by atoms with Crippen LogP contribution in [0.15, 0.2) is 29.2 Å². The number of carbonyl (C=O) groups is 2.